The van der Waals surface area contributed by atoms with Gasteiger partial charge in [0, 0.05) is 24.9 Å². The third-order valence-electron chi connectivity index (χ3n) is 4.81. The van der Waals surface area contributed by atoms with Crippen LogP contribution in [0.5, 0.6) is 5.75 Å². The topological polar surface area (TPSA) is 81.7 Å². The van der Waals surface area contributed by atoms with Crippen molar-refractivity contribution in [2.45, 2.75) is 19.4 Å². The molecule has 6 heteroatoms. The fraction of sp³-hybridized carbons (Fsp3) is 0.208. The van der Waals surface area contributed by atoms with E-state index in [9.17, 15) is 14.4 Å². The van der Waals surface area contributed by atoms with E-state index < -0.39 is 5.97 Å². The van der Waals surface area contributed by atoms with Gasteiger partial charge >= 0.3 is 5.97 Å². The molecule has 0 radical (unpaired) electrons. The van der Waals surface area contributed by atoms with Crippen LogP contribution < -0.4 is 10.1 Å². The number of esters is 1. The monoisotopic (exact) mass is 405 g/mol. The average Bonchev–Trinajstić information content (AvgIpc) is 2.80. The van der Waals surface area contributed by atoms with Gasteiger partial charge in [-0.15, -0.1) is 0 Å². The fourth-order valence-electron chi connectivity index (χ4n) is 3.16. The number of benzene rings is 3. The summed E-state index contributed by atoms with van der Waals surface area (Å²) < 4.78 is 9.91. The Kier molecular flexibility index (Phi) is 6.80. The van der Waals surface area contributed by atoms with E-state index in [4.69, 9.17) is 9.47 Å². The number of carbonyl (C=O) groups excluding carboxylic acids is 3. The van der Waals surface area contributed by atoms with Crippen molar-refractivity contribution in [3.63, 3.8) is 0 Å². The minimum Gasteiger partial charge on any atom is -0.496 e. The van der Waals surface area contributed by atoms with Gasteiger partial charge in [-0.1, -0.05) is 42.5 Å². The highest BCUT2D eigenvalue weighted by molar-refractivity contribution is 6.01. The minimum atomic E-state index is -0.513. The molecule has 1 N–H and O–H groups in total. The third kappa shape index (κ3) is 5.03. The summed E-state index contributed by atoms with van der Waals surface area (Å²) in [6.07, 6.45) is 0.214. The highest BCUT2D eigenvalue weighted by Gasteiger charge is 2.14. The fourth-order valence-corrected chi connectivity index (χ4v) is 3.16. The summed E-state index contributed by atoms with van der Waals surface area (Å²) in [5.41, 5.74) is 1.61. The Morgan fingerprint density at radius 1 is 0.867 bits per heavy atom. The molecule has 3 rings (SSSR count). The molecule has 1 amide bonds. The normalized spacial score (nSPS) is 10.5. The van der Waals surface area contributed by atoms with Crippen molar-refractivity contribution in [1.29, 1.82) is 0 Å². The maximum atomic E-state index is 12.4. The van der Waals surface area contributed by atoms with Gasteiger partial charge in [-0.3, -0.25) is 9.59 Å². The number of ketones is 1. The zero-order chi connectivity index (χ0) is 21.5. The first-order valence-electron chi connectivity index (χ1n) is 9.55. The lowest BCUT2D eigenvalue weighted by Crippen LogP contribution is -2.23. The molecule has 0 aliphatic carbocycles. The standard InChI is InChI=1S/C24H23NO5/c1-29-22-11-7-16(13-20(22)24(28)30-2)15-25-23(27)12-10-21(26)19-9-8-17-5-3-4-6-18(17)14-19/h3-9,11,13-14H,10,12,15H2,1-2H3,(H,25,27). The number of fused-ring (bicyclic) bond motifs is 1. The molecule has 0 spiro atoms. The molecule has 0 bridgehead atoms. The van der Waals surface area contributed by atoms with Gasteiger partial charge in [0.1, 0.15) is 11.3 Å². The lowest BCUT2D eigenvalue weighted by atomic mass is 10.0. The number of nitrogens with one attached hydrogen (secondary N) is 1. The van der Waals surface area contributed by atoms with Crippen LogP contribution in [0.3, 0.4) is 0 Å². The first-order valence-corrected chi connectivity index (χ1v) is 9.55. The number of ether oxygens (including phenoxy) is 2. The maximum Gasteiger partial charge on any atom is 0.341 e. The van der Waals surface area contributed by atoms with Crippen LogP contribution in [0.4, 0.5) is 0 Å². The van der Waals surface area contributed by atoms with Gasteiger partial charge < -0.3 is 14.8 Å². The van der Waals surface area contributed by atoms with Crippen molar-refractivity contribution in [3.8, 4) is 5.75 Å². The Bertz CT molecular complexity index is 1090. The van der Waals surface area contributed by atoms with E-state index in [-0.39, 0.29) is 31.1 Å². The zero-order valence-corrected chi connectivity index (χ0v) is 16.9. The van der Waals surface area contributed by atoms with Crippen molar-refractivity contribution in [2.75, 3.05) is 14.2 Å². The molecular formula is C24H23NO5. The van der Waals surface area contributed by atoms with Crippen molar-refractivity contribution < 1.29 is 23.9 Å². The van der Waals surface area contributed by atoms with E-state index in [1.807, 2.05) is 36.4 Å². The van der Waals surface area contributed by atoms with Crippen LogP contribution in [0.15, 0.2) is 60.7 Å². The van der Waals surface area contributed by atoms with E-state index >= 15 is 0 Å². The molecule has 0 saturated heterocycles. The second kappa shape index (κ2) is 9.69. The average molecular weight is 405 g/mol. The van der Waals surface area contributed by atoms with Gasteiger partial charge in [0.2, 0.25) is 5.91 Å². The molecule has 30 heavy (non-hydrogen) atoms. The molecule has 0 atom stereocenters. The van der Waals surface area contributed by atoms with Gasteiger partial charge in [-0.25, -0.2) is 4.79 Å². The van der Waals surface area contributed by atoms with Crippen LogP contribution in [-0.2, 0) is 16.1 Å². The molecule has 154 valence electrons. The van der Waals surface area contributed by atoms with Crippen molar-refractivity contribution in [2.24, 2.45) is 0 Å². The summed E-state index contributed by atoms with van der Waals surface area (Å²) in [5, 5.41) is 4.83. The number of amides is 1. The van der Waals surface area contributed by atoms with Gasteiger partial charge in [0.15, 0.2) is 5.78 Å². The lowest BCUT2D eigenvalue weighted by Gasteiger charge is -2.10. The number of Topliss-reactive ketones (excluding diaryl/α,β-unsaturated/α-hetero) is 1. The molecule has 3 aromatic rings. The highest BCUT2D eigenvalue weighted by atomic mass is 16.5. The summed E-state index contributed by atoms with van der Waals surface area (Å²) in [6, 6.07) is 18.4. The van der Waals surface area contributed by atoms with Crippen LogP contribution in [-0.4, -0.2) is 31.9 Å². The SMILES string of the molecule is COC(=O)c1cc(CNC(=O)CCC(=O)c2ccc3ccccc3c2)ccc1OC. The molecular weight excluding hydrogens is 382 g/mol. The first-order chi connectivity index (χ1) is 14.5. The van der Waals surface area contributed by atoms with Crippen molar-refractivity contribution >= 4 is 28.4 Å². The predicted molar refractivity (Wildman–Crippen MR) is 114 cm³/mol. The van der Waals surface area contributed by atoms with Crippen LogP contribution in [0.25, 0.3) is 10.8 Å². The van der Waals surface area contributed by atoms with Gasteiger partial charge in [0.25, 0.3) is 0 Å². The minimum absolute atomic E-state index is 0.0756. The van der Waals surface area contributed by atoms with E-state index in [2.05, 4.69) is 5.32 Å². The molecule has 6 nitrogen and oxygen atoms in total. The van der Waals surface area contributed by atoms with E-state index in [0.717, 1.165) is 16.3 Å². The van der Waals surface area contributed by atoms with Crippen molar-refractivity contribution in [1.82, 2.24) is 5.32 Å². The second-order valence-electron chi connectivity index (χ2n) is 6.79. The van der Waals surface area contributed by atoms with Gasteiger partial charge in [0.05, 0.1) is 14.2 Å². The van der Waals surface area contributed by atoms with E-state index in [1.54, 1.807) is 24.3 Å². The summed E-state index contributed by atoms with van der Waals surface area (Å²) in [5.74, 6) is -0.424. The quantitative estimate of drug-likeness (QED) is 0.454. The van der Waals surface area contributed by atoms with Crippen LogP contribution in [0.2, 0.25) is 0 Å². The smallest absolute Gasteiger partial charge is 0.341 e. The molecule has 0 saturated carbocycles. The summed E-state index contributed by atoms with van der Waals surface area (Å²) in [7, 11) is 2.76. The molecule has 0 heterocycles. The van der Waals surface area contributed by atoms with E-state index in [0.29, 0.717) is 16.9 Å². The molecule has 3 aromatic carbocycles. The lowest BCUT2D eigenvalue weighted by molar-refractivity contribution is -0.121. The summed E-state index contributed by atoms with van der Waals surface area (Å²) >= 11 is 0. The van der Waals surface area contributed by atoms with Crippen molar-refractivity contribution in [3.05, 3.63) is 77.4 Å². The number of hydrogen-bond donors (Lipinski definition) is 1. The van der Waals surface area contributed by atoms with Crippen LogP contribution >= 0.6 is 0 Å². The predicted octanol–water partition coefficient (Wildman–Crippen LogP) is 3.91. The number of methoxy groups -OCH3 is 2. The molecule has 0 aliphatic rings. The Balaban J connectivity index is 1.55. The molecule has 0 aromatic heterocycles. The van der Waals surface area contributed by atoms with Gasteiger partial charge in [-0.2, -0.15) is 0 Å². The van der Waals surface area contributed by atoms with Crippen LogP contribution in [0, 0.1) is 0 Å². The zero-order valence-electron chi connectivity index (χ0n) is 16.9. The maximum absolute atomic E-state index is 12.4. The number of hydrogen-bond acceptors (Lipinski definition) is 5. The molecule has 0 aliphatic heterocycles. The summed E-state index contributed by atoms with van der Waals surface area (Å²) in [4.78, 5) is 36.5. The largest absolute Gasteiger partial charge is 0.496 e. The Hall–Kier alpha value is -3.67. The Morgan fingerprint density at radius 2 is 1.63 bits per heavy atom. The third-order valence-corrected chi connectivity index (χ3v) is 4.81. The summed E-state index contributed by atoms with van der Waals surface area (Å²) in [6.45, 7) is 0.233. The molecule has 0 unspecified atom stereocenters. The number of carbonyl (C=O) groups is 3. The second-order valence-corrected chi connectivity index (χ2v) is 6.79. The first kappa shape index (κ1) is 21.0. The molecule has 0 fully saturated rings. The number of rotatable bonds is 8. The van der Waals surface area contributed by atoms with Gasteiger partial charge in [-0.05, 0) is 34.5 Å². The van der Waals surface area contributed by atoms with E-state index in [1.165, 1.54) is 14.2 Å². The van der Waals surface area contributed by atoms with Crippen LogP contribution in [0.1, 0.15) is 39.1 Å². The Labute approximate surface area is 174 Å². The highest BCUT2D eigenvalue weighted by Crippen LogP contribution is 2.21. The Morgan fingerprint density at radius 3 is 2.37 bits per heavy atom.